The molecule has 2 aromatic carbocycles. The molecule has 164 valence electrons. The number of guanidine groups is 1. The number of nitrogens with zero attached hydrogens (tertiary/aromatic N) is 1. The Labute approximate surface area is 182 Å². The number of nitrogens with one attached hydrogen (secondary N) is 2. The van der Waals surface area contributed by atoms with E-state index in [2.05, 4.69) is 15.6 Å². The summed E-state index contributed by atoms with van der Waals surface area (Å²) in [6.07, 6.45) is -0.0876. The molecule has 6 nitrogen and oxygen atoms in total. The number of rotatable bonds is 11. The van der Waals surface area contributed by atoms with E-state index in [1.807, 2.05) is 31.2 Å². The summed E-state index contributed by atoms with van der Waals surface area (Å²) < 4.78 is 24.2. The van der Waals surface area contributed by atoms with E-state index in [0.29, 0.717) is 37.8 Å². The van der Waals surface area contributed by atoms with Crippen LogP contribution in [0.25, 0.3) is 0 Å². The SMILES string of the molecule is CCOCCCNC(=NCc1ccc(OC)cc1)NCC(O)c1ccc(Cl)c(F)c1. The number of aliphatic hydroxyl groups is 1. The Morgan fingerprint density at radius 1 is 1.20 bits per heavy atom. The minimum absolute atomic E-state index is 0.0246. The van der Waals surface area contributed by atoms with Crippen LogP contribution in [0.3, 0.4) is 0 Å². The molecular weight excluding hydrogens is 409 g/mol. The first-order chi connectivity index (χ1) is 14.5. The van der Waals surface area contributed by atoms with E-state index in [-0.39, 0.29) is 11.6 Å². The molecule has 0 aliphatic heterocycles. The van der Waals surface area contributed by atoms with E-state index in [1.54, 1.807) is 13.2 Å². The number of ether oxygens (including phenoxy) is 2. The number of benzene rings is 2. The van der Waals surface area contributed by atoms with Crippen LogP contribution in [0.5, 0.6) is 5.75 Å². The van der Waals surface area contributed by atoms with Crippen molar-refractivity contribution in [2.24, 2.45) is 4.99 Å². The fraction of sp³-hybridized carbons (Fsp3) is 0.409. The van der Waals surface area contributed by atoms with Gasteiger partial charge in [-0.25, -0.2) is 9.38 Å². The molecule has 2 aromatic rings. The molecule has 1 atom stereocenters. The summed E-state index contributed by atoms with van der Waals surface area (Å²) in [4.78, 5) is 4.57. The van der Waals surface area contributed by atoms with E-state index in [1.165, 1.54) is 12.1 Å². The summed E-state index contributed by atoms with van der Waals surface area (Å²) in [7, 11) is 1.62. The summed E-state index contributed by atoms with van der Waals surface area (Å²) >= 11 is 5.71. The molecule has 0 radical (unpaired) electrons. The van der Waals surface area contributed by atoms with E-state index >= 15 is 0 Å². The Hall–Kier alpha value is -2.35. The van der Waals surface area contributed by atoms with Crippen LogP contribution >= 0.6 is 11.6 Å². The highest BCUT2D eigenvalue weighted by Gasteiger charge is 2.11. The van der Waals surface area contributed by atoms with Crippen LogP contribution in [0, 0.1) is 5.82 Å². The molecule has 0 aromatic heterocycles. The predicted octanol–water partition coefficient (Wildman–Crippen LogP) is 3.68. The molecule has 2 rings (SSSR count). The second-order valence-electron chi connectivity index (χ2n) is 6.56. The molecule has 1 unspecified atom stereocenters. The number of halogens is 2. The summed E-state index contributed by atoms with van der Waals surface area (Å²) in [6.45, 7) is 4.58. The molecule has 8 heteroatoms. The van der Waals surface area contributed by atoms with Gasteiger partial charge in [-0.2, -0.15) is 0 Å². The molecule has 0 spiro atoms. The van der Waals surface area contributed by atoms with Crippen LogP contribution in [-0.4, -0.2) is 44.5 Å². The molecule has 0 aliphatic carbocycles. The third-order valence-corrected chi connectivity index (χ3v) is 4.64. The Morgan fingerprint density at radius 2 is 1.97 bits per heavy atom. The van der Waals surface area contributed by atoms with Gasteiger partial charge in [0.1, 0.15) is 11.6 Å². The van der Waals surface area contributed by atoms with Crippen LogP contribution in [0.2, 0.25) is 5.02 Å². The van der Waals surface area contributed by atoms with Crippen molar-refractivity contribution < 1.29 is 19.0 Å². The standard InChI is InChI=1S/C22H29ClFN3O3/c1-3-30-12-4-11-25-22(26-14-16-5-8-18(29-2)9-6-16)27-15-21(28)17-7-10-19(23)20(24)13-17/h5-10,13,21,28H,3-4,11-12,14-15H2,1-2H3,(H2,25,26,27). The maximum Gasteiger partial charge on any atom is 0.191 e. The largest absolute Gasteiger partial charge is 0.497 e. The van der Waals surface area contributed by atoms with Crippen molar-refractivity contribution in [3.05, 3.63) is 64.4 Å². The normalized spacial score (nSPS) is 12.5. The van der Waals surface area contributed by atoms with E-state index in [9.17, 15) is 9.50 Å². The quantitative estimate of drug-likeness (QED) is 0.284. The first-order valence-electron chi connectivity index (χ1n) is 9.89. The van der Waals surface area contributed by atoms with Crippen molar-refractivity contribution in [1.82, 2.24) is 10.6 Å². The van der Waals surface area contributed by atoms with E-state index < -0.39 is 11.9 Å². The summed E-state index contributed by atoms with van der Waals surface area (Å²) in [6, 6.07) is 11.9. The molecule has 0 amide bonds. The topological polar surface area (TPSA) is 75.1 Å². The minimum atomic E-state index is -0.909. The van der Waals surface area contributed by atoms with Gasteiger partial charge in [0.25, 0.3) is 0 Å². The van der Waals surface area contributed by atoms with Crippen molar-refractivity contribution in [1.29, 1.82) is 0 Å². The lowest BCUT2D eigenvalue weighted by Crippen LogP contribution is -2.40. The van der Waals surface area contributed by atoms with Gasteiger partial charge in [-0.05, 0) is 48.7 Å². The molecule has 0 saturated heterocycles. The highest BCUT2D eigenvalue weighted by Crippen LogP contribution is 2.20. The molecule has 3 N–H and O–H groups in total. The van der Waals surface area contributed by atoms with E-state index in [0.717, 1.165) is 17.7 Å². The zero-order valence-electron chi connectivity index (χ0n) is 17.3. The van der Waals surface area contributed by atoms with Gasteiger partial charge in [-0.15, -0.1) is 0 Å². The van der Waals surface area contributed by atoms with Crippen LogP contribution in [0.1, 0.15) is 30.6 Å². The third-order valence-electron chi connectivity index (χ3n) is 4.33. The lowest BCUT2D eigenvalue weighted by atomic mass is 10.1. The Balaban J connectivity index is 1.97. The third kappa shape index (κ3) is 8.18. The highest BCUT2D eigenvalue weighted by atomic mass is 35.5. The van der Waals surface area contributed by atoms with Gasteiger partial charge in [0.15, 0.2) is 5.96 Å². The maximum atomic E-state index is 13.6. The van der Waals surface area contributed by atoms with Gasteiger partial charge >= 0.3 is 0 Å². The smallest absolute Gasteiger partial charge is 0.191 e. The number of hydrogen-bond acceptors (Lipinski definition) is 4. The van der Waals surface area contributed by atoms with Gasteiger partial charge in [-0.1, -0.05) is 29.8 Å². The summed E-state index contributed by atoms with van der Waals surface area (Å²) in [5, 5.41) is 16.7. The molecule has 0 heterocycles. The van der Waals surface area contributed by atoms with Gasteiger partial charge in [0, 0.05) is 26.3 Å². The van der Waals surface area contributed by atoms with E-state index in [4.69, 9.17) is 21.1 Å². The molecule has 0 bridgehead atoms. The first-order valence-corrected chi connectivity index (χ1v) is 10.3. The molecule has 0 saturated carbocycles. The summed E-state index contributed by atoms with van der Waals surface area (Å²) in [5.74, 6) is 0.778. The van der Waals surface area contributed by atoms with Crippen molar-refractivity contribution in [3.63, 3.8) is 0 Å². The minimum Gasteiger partial charge on any atom is -0.497 e. The molecule has 0 aliphatic rings. The van der Waals surface area contributed by atoms with Gasteiger partial charge < -0.3 is 25.2 Å². The summed E-state index contributed by atoms with van der Waals surface area (Å²) in [5.41, 5.74) is 1.46. The van der Waals surface area contributed by atoms with Crippen molar-refractivity contribution >= 4 is 17.6 Å². The van der Waals surface area contributed by atoms with Crippen molar-refractivity contribution in [2.45, 2.75) is 26.0 Å². The second kappa shape index (κ2) is 13.1. The second-order valence-corrected chi connectivity index (χ2v) is 6.97. The highest BCUT2D eigenvalue weighted by molar-refractivity contribution is 6.30. The number of aliphatic imine (C=N–C) groups is 1. The fourth-order valence-electron chi connectivity index (χ4n) is 2.63. The van der Waals surface area contributed by atoms with Crippen LogP contribution in [0.4, 0.5) is 4.39 Å². The molecular formula is C22H29ClFN3O3. The van der Waals surface area contributed by atoms with Gasteiger partial charge in [-0.3, -0.25) is 0 Å². The van der Waals surface area contributed by atoms with Gasteiger partial charge in [0.2, 0.25) is 0 Å². The Kier molecular flexibility index (Phi) is 10.4. The van der Waals surface area contributed by atoms with Crippen LogP contribution in [0.15, 0.2) is 47.5 Å². The van der Waals surface area contributed by atoms with Crippen molar-refractivity contribution in [2.75, 3.05) is 33.4 Å². The molecule has 30 heavy (non-hydrogen) atoms. The van der Waals surface area contributed by atoms with Gasteiger partial charge in [0.05, 0.1) is 24.8 Å². The zero-order valence-corrected chi connectivity index (χ0v) is 18.1. The maximum absolute atomic E-state index is 13.6. The monoisotopic (exact) mass is 437 g/mol. The number of methoxy groups -OCH3 is 1. The van der Waals surface area contributed by atoms with Crippen molar-refractivity contribution in [3.8, 4) is 5.75 Å². The number of hydrogen-bond donors (Lipinski definition) is 3. The average molecular weight is 438 g/mol. The first kappa shape index (κ1) is 23.9. The molecule has 0 fully saturated rings. The number of aliphatic hydroxyl groups excluding tert-OH is 1. The lowest BCUT2D eigenvalue weighted by molar-refractivity contribution is 0.145. The average Bonchev–Trinajstić information content (AvgIpc) is 2.76. The zero-order chi connectivity index (χ0) is 21.8. The Bertz CT molecular complexity index is 803. The predicted molar refractivity (Wildman–Crippen MR) is 118 cm³/mol. The fourth-order valence-corrected chi connectivity index (χ4v) is 2.75. The van der Waals surface area contributed by atoms with Crippen LogP contribution in [-0.2, 0) is 11.3 Å². The van der Waals surface area contributed by atoms with Crippen LogP contribution < -0.4 is 15.4 Å². The Morgan fingerprint density at radius 3 is 2.63 bits per heavy atom. The lowest BCUT2D eigenvalue weighted by Gasteiger charge is -2.16.